The van der Waals surface area contributed by atoms with Crippen molar-refractivity contribution in [3.05, 3.63) is 112 Å². The molecule has 0 spiro atoms. The molecule has 0 amide bonds. The summed E-state index contributed by atoms with van der Waals surface area (Å²) in [4.78, 5) is 4.44. The highest BCUT2D eigenvalue weighted by Crippen LogP contribution is 2.37. The van der Waals surface area contributed by atoms with Crippen molar-refractivity contribution in [3.63, 3.8) is 0 Å². The largest absolute Gasteiger partial charge is 0.396 e. The molecule has 10 heteroatoms. The van der Waals surface area contributed by atoms with Crippen LogP contribution < -0.4 is 10.6 Å². The summed E-state index contributed by atoms with van der Waals surface area (Å²) in [6, 6.07) is 20.9. The van der Waals surface area contributed by atoms with Crippen molar-refractivity contribution in [2.75, 3.05) is 17.2 Å². The van der Waals surface area contributed by atoms with Crippen molar-refractivity contribution >= 4 is 33.9 Å². The highest BCUT2D eigenvalue weighted by Gasteiger charge is 2.21. The Bertz CT molecular complexity index is 1570. The molecule has 2 aromatic heterocycles. The molecule has 0 saturated carbocycles. The van der Waals surface area contributed by atoms with Crippen LogP contribution >= 0.6 is 11.6 Å². The van der Waals surface area contributed by atoms with Gasteiger partial charge >= 0.3 is 0 Å². The lowest BCUT2D eigenvalue weighted by molar-refractivity contribution is 0.280. The van der Waals surface area contributed by atoms with Crippen LogP contribution in [-0.4, -0.2) is 32.1 Å². The zero-order chi connectivity index (χ0) is 26.5. The normalized spacial score (nSPS) is 12.6. The highest BCUT2D eigenvalue weighted by molar-refractivity contribution is 6.35. The molecule has 2 atom stereocenters. The fourth-order valence-electron chi connectivity index (χ4n) is 4.40. The molecule has 0 fully saturated rings. The third-order valence-corrected chi connectivity index (χ3v) is 6.52. The number of rotatable bonds is 9. The lowest BCUT2D eigenvalue weighted by atomic mass is 10.0. The number of aromatic nitrogens is 4. The number of nitriles is 1. The maximum atomic E-state index is 13.6. The molecule has 0 aliphatic carbocycles. The van der Waals surface area contributed by atoms with E-state index >= 15 is 0 Å². The summed E-state index contributed by atoms with van der Waals surface area (Å²) in [5, 5.41) is 38.2. The SMILES string of the molecule is N#Cc1cnc2c(Cl)cc(N[C@@H](c3ccc(F)cc3)c3c[nH]nn3)cc2c1NC(CCO)c1ccccc1. The quantitative estimate of drug-likeness (QED) is 0.192. The van der Waals surface area contributed by atoms with Gasteiger partial charge in [-0.1, -0.05) is 59.3 Å². The van der Waals surface area contributed by atoms with E-state index in [2.05, 4.69) is 37.1 Å². The third kappa shape index (κ3) is 5.27. The predicted octanol–water partition coefficient (Wildman–Crippen LogP) is 5.75. The van der Waals surface area contributed by atoms with Crippen LogP contribution in [0.5, 0.6) is 0 Å². The van der Waals surface area contributed by atoms with E-state index in [1.165, 1.54) is 18.3 Å². The van der Waals surface area contributed by atoms with Gasteiger partial charge in [-0.25, -0.2) is 4.39 Å². The minimum atomic E-state index is -0.460. The van der Waals surface area contributed by atoms with Gasteiger partial charge in [-0.15, -0.1) is 5.10 Å². The number of nitrogens with zero attached hydrogens (tertiary/aromatic N) is 4. The van der Waals surface area contributed by atoms with Gasteiger partial charge < -0.3 is 15.7 Å². The van der Waals surface area contributed by atoms with Crippen LogP contribution in [0, 0.1) is 17.1 Å². The number of nitrogens with one attached hydrogen (secondary N) is 3. The Morgan fingerprint density at radius 1 is 1.05 bits per heavy atom. The van der Waals surface area contributed by atoms with Gasteiger partial charge in [-0.2, -0.15) is 5.26 Å². The standard InChI is InChI=1S/C28H23ClFN7O/c29-23-13-21(34-27(25-16-33-37-36-25)18-6-8-20(30)9-7-18)12-22-26(19(14-31)15-32-28(22)23)35-24(10-11-38)17-4-2-1-3-5-17/h1-9,12-13,15-16,24,27,34,38H,10-11H2,(H,32,35)(H,33,36,37)/t24?,27-/m0/s1. The van der Waals surface area contributed by atoms with E-state index in [-0.39, 0.29) is 18.5 Å². The molecule has 2 heterocycles. The van der Waals surface area contributed by atoms with Gasteiger partial charge in [-0.3, -0.25) is 10.1 Å². The average molecular weight is 528 g/mol. The Kier molecular flexibility index (Phi) is 7.45. The van der Waals surface area contributed by atoms with Gasteiger partial charge in [0.15, 0.2) is 0 Å². The van der Waals surface area contributed by atoms with Crippen LogP contribution in [-0.2, 0) is 0 Å². The minimum absolute atomic E-state index is 0.0396. The maximum absolute atomic E-state index is 13.6. The molecule has 38 heavy (non-hydrogen) atoms. The molecule has 0 saturated heterocycles. The van der Waals surface area contributed by atoms with Crippen LogP contribution in [0.1, 0.15) is 40.9 Å². The number of anilines is 2. The van der Waals surface area contributed by atoms with Crippen molar-refractivity contribution in [1.82, 2.24) is 20.4 Å². The monoisotopic (exact) mass is 527 g/mol. The number of aliphatic hydroxyl groups excluding tert-OH is 1. The molecule has 0 radical (unpaired) electrons. The number of aromatic amines is 1. The Morgan fingerprint density at radius 3 is 2.53 bits per heavy atom. The summed E-state index contributed by atoms with van der Waals surface area (Å²) in [5.74, 6) is -0.344. The van der Waals surface area contributed by atoms with Crippen LogP contribution in [0.2, 0.25) is 5.02 Å². The van der Waals surface area contributed by atoms with Crippen LogP contribution in [0.4, 0.5) is 15.8 Å². The van der Waals surface area contributed by atoms with Crippen LogP contribution in [0.3, 0.4) is 0 Å². The predicted molar refractivity (Wildman–Crippen MR) is 144 cm³/mol. The van der Waals surface area contributed by atoms with Crippen LogP contribution in [0.25, 0.3) is 10.9 Å². The topological polar surface area (TPSA) is 123 Å². The first-order chi connectivity index (χ1) is 18.6. The van der Waals surface area contributed by atoms with Crippen molar-refractivity contribution in [1.29, 1.82) is 5.26 Å². The second kappa shape index (κ2) is 11.3. The minimum Gasteiger partial charge on any atom is -0.396 e. The fraction of sp³-hybridized carbons (Fsp3) is 0.143. The maximum Gasteiger partial charge on any atom is 0.123 e. The number of benzene rings is 3. The molecule has 5 aromatic rings. The van der Waals surface area contributed by atoms with E-state index in [0.29, 0.717) is 45.0 Å². The van der Waals surface area contributed by atoms with E-state index in [4.69, 9.17) is 11.6 Å². The van der Waals surface area contributed by atoms with E-state index in [1.807, 2.05) is 36.4 Å². The summed E-state index contributed by atoms with van der Waals surface area (Å²) in [6.07, 6.45) is 3.58. The Morgan fingerprint density at radius 2 is 1.84 bits per heavy atom. The first-order valence-corrected chi connectivity index (χ1v) is 12.3. The number of halogens is 2. The van der Waals surface area contributed by atoms with Gasteiger partial charge in [0.1, 0.15) is 17.6 Å². The van der Waals surface area contributed by atoms with Crippen molar-refractivity contribution in [3.8, 4) is 6.07 Å². The molecule has 8 nitrogen and oxygen atoms in total. The van der Waals surface area contributed by atoms with Gasteiger partial charge in [-0.05, 0) is 41.8 Å². The van der Waals surface area contributed by atoms with Gasteiger partial charge in [0.05, 0.1) is 33.9 Å². The first-order valence-electron chi connectivity index (χ1n) is 11.9. The summed E-state index contributed by atoms with van der Waals surface area (Å²) in [6.45, 7) is -0.0396. The molecule has 1 unspecified atom stereocenters. The highest BCUT2D eigenvalue weighted by atomic mass is 35.5. The Hall–Kier alpha value is -4.52. The van der Waals surface area contributed by atoms with Crippen molar-refractivity contribution < 1.29 is 9.50 Å². The lowest BCUT2D eigenvalue weighted by Crippen LogP contribution is -2.15. The molecule has 4 N–H and O–H groups in total. The smallest absolute Gasteiger partial charge is 0.123 e. The summed E-state index contributed by atoms with van der Waals surface area (Å²) in [5.41, 5.74) is 4.40. The molecule has 5 rings (SSSR count). The average Bonchev–Trinajstić information content (AvgIpc) is 3.47. The first kappa shape index (κ1) is 25.1. The number of H-pyrrole nitrogens is 1. The molecule has 190 valence electrons. The van der Waals surface area contributed by atoms with Gasteiger partial charge in [0.2, 0.25) is 0 Å². The molecule has 0 bridgehead atoms. The van der Waals surface area contributed by atoms with Crippen molar-refractivity contribution in [2.45, 2.75) is 18.5 Å². The summed E-state index contributed by atoms with van der Waals surface area (Å²) < 4.78 is 13.6. The number of aliphatic hydroxyl groups is 1. The third-order valence-electron chi connectivity index (χ3n) is 6.23. The van der Waals surface area contributed by atoms with E-state index < -0.39 is 6.04 Å². The van der Waals surface area contributed by atoms with Crippen LogP contribution in [0.15, 0.2) is 79.1 Å². The molecule has 0 aliphatic heterocycles. The number of fused-ring (bicyclic) bond motifs is 1. The van der Waals surface area contributed by atoms with E-state index in [1.54, 1.807) is 24.4 Å². The summed E-state index contributed by atoms with van der Waals surface area (Å²) in [7, 11) is 0. The fourth-order valence-corrected chi connectivity index (χ4v) is 4.66. The molecule has 3 aromatic carbocycles. The zero-order valence-electron chi connectivity index (χ0n) is 20.1. The van der Waals surface area contributed by atoms with E-state index in [9.17, 15) is 14.8 Å². The number of pyridine rings is 1. The molecular formula is C28H23ClFN7O. The number of hydrogen-bond acceptors (Lipinski definition) is 7. The second-order valence-corrected chi connectivity index (χ2v) is 9.07. The van der Waals surface area contributed by atoms with E-state index in [0.717, 1.165) is 11.1 Å². The zero-order valence-corrected chi connectivity index (χ0v) is 20.8. The van der Waals surface area contributed by atoms with Gasteiger partial charge in [0.25, 0.3) is 0 Å². The Balaban J connectivity index is 1.59. The van der Waals surface area contributed by atoms with Gasteiger partial charge in [0, 0.05) is 30.1 Å². The molecular weight excluding hydrogens is 505 g/mol. The number of hydrogen-bond donors (Lipinski definition) is 4. The lowest BCUT2D eigenvalue weighted by Gasteiger charge is -2.23. The Labute approximate surface area is 223 Å². The molecule has 0 aliphatic rings. The second-order valence-electron chi connectivity index (χ2n) is 8.66. The van der Waals surface area contributed by atoms with Crippen molar-refractivity contribution in [2.24, 2.45) is 0 Å². The summed E-state index contributed by atoms with van der Waals surface area (Å²) >= 11 is 6.68.